The van der Waals surface area contributed by atoms with E-state index in [0.29, 0.717) is 12.2 Å². The van der Waals surface area contributed by atoms with E-state index in [4.69, 9.17) is 0 Å². The molecule has 2 unspecified atom stereocenters. The first kappa shape index (κ1) is 9.65. The van der Waals surface area contributed by atoms with Crippen molar-refractivity contribution in [2.45, 2.75) is 32.4 Å². The summed E-state index contributed by atoms with van der Waals surface area (Å²) >= 11 is 0. The zero-order chi connectivity index (χ0) is 9.30. The molecular formula is C9H14O2S. The monoisotopic (exact) mass is 186 g/mol. The summed E-state index contributed by atoms with van der Waals surface area (Å²) in [6.07, 6.45) is 0.688. The fourth-order valence-corrected chi connectivity index (χ4v) is 2.99. The van der Waals surface area contributed by atoms with E-state index in [1.807, 2.05) is 13.8 Å². The van der Waals surface area contributed by atoms with Crippen LogP contribution in [-0.2, 0) is 15.6 Å². The van der Waals surface area contributed by atoms with E-state index in [0.717, 1.165) is 0 Å². The minimum atomic E-state index is -0.966. The Morgan fingerprint density at radius 2 is 2.00 bits per heavy atom. The quantitative estimate of drug-likeness (QED) is 0.581. The molecule has 0 fully saturated rings. The van der Waals surface area contributed by atoms with Crippen molar-refractivity contribution in [1.82, 2.24) is 0 Å². The number of carbonyl (C=O) groups is 1. The number of Topliss-reactive ketones (excluding diaryl/α,β-unsaturated/α-hetero) is 1. The van der Waals surface area contributed by atoms with E-state index in [1.54, 1.807) is 0 Å². The third-order valence-corrected chi connectivity index (χ3v) is 4.20. The topological polar surface area (TPSA) is 34.1 Å². The van der Waals surface area contributed by atoms with Crippen molar-refractivity contribution >= 4 is 16.6 Å². The number of hydrogen-bond donors (Lipinski definition) is 0. The van der Waals surface area contributed by atoms with Gasteiger partial charge in [0.1, 0.15) is 5.78 Å². The maximum absolute atomic E-state index is 11.4. The summed E-state index contributed by atoms with van der Waals surface area (Å²) in [5.41, 5.74) is 2.42. The minimum absolute atomic E-state index is 0.0557. The third kappa shape index (κ3) is 1.83. The molecule has 2 atom stereocenters. The normalized spacial score (nSPS) is 30.6. The van der Waals surface area contributed by atoms with Crippen molar-refractivity contribution < 1.29 is 9.00 Å². The molecule has 0 aromatic heterocycles. The highest BCUT2D eigenvalue weighted by atomic mass is 32.2. The van der Waals surface area contributed by atoms with Gasteiger partial charge in [0, 0.05) is 16.6 Å². The lowest BCUT2D eigenvalue weighted by molar-refractivity contribution is -0.116. The molecular weight excluding hydrogens is 172 g/mol. The van der Waals surface area contributed by atoms with Crippen molar-refractivity contribution in [2.24, 2.45) is 0 Å². The molecule has 1 heterocycles. The molecule has 12 heavy (non-hydrogen) atoms. The van der Waals surface area contributed by atoms with Gasteiger partial charge in [0.25, 0.3) is 0 Å². The molecule has 3 heteroatoms. The molecule has 2 nitrogen and oxygen atoms in total. The Morgan fingerprint density at radius 1 is 1.42 bits per heavy atom. The van der Waals surface area contributed by atoms with E-state index in [1.165, 1.54) is 18.1 Å². The van der Waals surface area contributed by atoms with Crippen molar-refractivity contribution in [2.75, 3.05) is 5.75 Å². The van der Waals surface area contributed by atoms with Crippen LogP contribution in [0, 0.1) is 0 Å². The third-order valence-electron chi connectivity index (χ3n) is 2.35. The van der Waals surface area contributed by atoms with Gasteiger partial charge >= 0.3 is 0 Å². The van der Waals surface area contributed by atoms with Gasteiger partial charge in [-0.25, -0.2) is 0 Å². The molecule has 1 rings (SSSR count). The number of ketones is 1. The number of allylic oxidation sites excluding steroid dienone is 1. The predicted octanol–water partition coefficient (Wildman–Crippen LogP) is 1.43. The standard InChI is InChI=1S/C9H14O2S/c1-6-4-9(8(3)10)12(11)5-7(6)2/h9H,4-5H2,1-3H3. The fraction of sp³-hybridized carbons (Fsp3) is 0.667. The van der Waals surface area contributed by atoms with Gasteiger partial charge in [0.15, 0.2) is 0 Å². The van der Waals surface area contributed by atoms with Crippen LogP contribution < -0.4 is 0 Å². The maximum atomic E-state index is 11.4. The first-order chi connectivity index (χ1) is 5.52. The van der Waals surface area contributed by atoms with Crippen LogP contribution >= 0.6 is 0 Å². The van der Waals surface area contributed by atoms with Crippen LogP contribution in [0.3, 0.4) is 0 Å². The van der Waals surface area contributed by atoms with Crippen LogP contribution in [0.5, 0.6) is 0 Å². The lowest BCUT2D eigenvalue weighted by atomic mass is 10.0. The van der Waals surface area contributed by atoms with E-state index in [-0.39, 0.29) is 11.0 Å². The first-order valence-electron chi connectivity index (χ1n) is 4.05. The molecule has 0 amide bonds. The molecule has 0 N–H and O–H groups in total. The SMILES string of the molecule is CC(=O)C1CC(C)=C(C)CS1=O. The highest BCUT2D eigenvalue weighted by molar-refractivity contribution is 7.86. The summed E-state index contributed by atoms with van der Waals surface area (Å²) in [6.45, 7) is 5.53. The minimum Gasteiger partial charge on any atom is -0.299 e. The van der Waals surface area contributed by atoms with E-state index in [2.05, 4.69) is 0 Å². The summed E-state index contributed by atoms with van der Waals surface area (Å²) in [5, 5.41) is -0.242. The van der Waals surface area contributed by atoms with Crippen LogP contribution in [0.4, 0.5) is 0 Å². The molecule has 0 aliphatic carbocycles. The Labute approximate surface area is 75.5 Å². The molecule has 0 aromatic rings. The highest BCUT2D eigenvalue weighted by Gasteiger charge is 2.26. The summed E-state index contributed by atoms with van der Waals surface area (Å²) in [7, 11) is -0.966. The van der Waals surface area contributed by atoms with Gasteiger partial charge in [-0.2, -0.15) is 0 Å². The fourth-order valence-electron chi connectivity index (χ4n) is 1.31. The van der Waals surface area contributed by atoms with Crippen molar-refractivity contribution in [3.05, 3.63) is 11.1 Å². The molecule has 1 aliphatic heterocycles. The zero-order valence-corrected chi connectivity index (χ0v) is 8.53. The highest BCUT2D eigenvalue weighted by Crippen LogP contribution is 2.22. The number of hydrogen-bond acceptors (Lipinski definition) is 2. The molecule has 0 aromatic carbocycles. The Hall–Kier alpha value is -0.440. The van der Waals surface area contributed by atoms with Gasteiger partial charge in [-0.15, -0.1) is 0 Å². The summed E-state index contributed by atoms with van der Waals surface area (Å²) in [4.78, 5) is 11.0. The summed E-state index contributed by atoms with van der Waals surface area (Å²) < 4.78 is 11.4. The Morgan fingerprint density at radius 3 is 2.50 bits per heavy atom. The molecule has 1 aliphatic rings. The molecule has 0 saturated heterocycles. The van der Waals surface area contributed by atoms with Crippen molar-refractivity contribution in [1.29, 1.82) is 0 Å². The molecule has 68 valence electrons. The smallest absolute Gasteiger partial charge is 0.145 e. The lowest BCUT2D eigenvalue weighted by Crippen LogP contribution is -2.29. The van der Waals surface area contributed by atoms with Gasteiger partial charge in [-0.1, -0.05) is 11.1 Å². The van der Waals surface area contributed by atoms with Crippen LogP contribution in [-0.4, -0.2) is 21.0 Å². The van der Waals surface area contributed by atoms with Crippen molar-refractivity contribution in [3.63, 3.8) is 0 Å². The zero-order valence-electron chi connectivity index (χ0n) is 7.72. The molecule has 0 bridgehead atoms. The number of rotatable bonds is 1. The van der Waals surface area contributed by atoms with Gasteiger partial charge in [-0.05, 0) is 27.2 Å². The van der Waals surface area contributed by atoms with Gasteiger partial charge < -0.3 is 0 Å². The average Bonchev–Trinajstić information content (AvgIpc) is 1.96. The second-order valence-electron chi connectivity index (χ2n) is 3.39. The second kappa shape index (κ2) is 3.52. The summed E-state index contributed by atoms with van der Waals surface area (Å²) in [6, 6.07) is 0. The molecule has 0 radical (unpaired) electrons. The number of carbonyl (C=O) groups excluding carboxylic acids is 1. The second-order valence-corrected chi connectivity index (χ2v) is 5.01. The van der Waals surface area contributed by atoms with Gasteiger partial charge in [0.05, 0.1) is 5.25 Å². The first-order valence-corrected chi connectivity index (χ1v) is 5.43. The predicted molar refractivity (Wildman–Crippen MR) is 50.5 cm³/mol. The maximum Gasteiger partial charge on any atom is 0.145 e. The van der Waals surface area contributed by atoms with Crippen LogP contribution in [0.1, 0.15) is 27.2 Å². The van der Waals surface area contributed by atoms with Gasteiger partial charge in [0.2, 0.25) is 0 Å². The van der Waals surface area contributed by atoms with Crippen LogP contribution in [0.15, 0.2) is 11.1 Å². The van der Waals surface area contributed by atoms with Crippen LogP contribution in [0.25, 0.3) is 0 Å². The van der Waals surface area contributed by atoms with E-state index >= 15 is 0 Å². The Balaban J connectivity index is 2.86. The van der Waals surface area contributed by atoms with E-state index < -0.39 is 10.8 Å². The Kier molecular flexibility index (Phi) is 2.83. The van der Waals surface area contributed by atoms with E-state index in [9.17, 15) is 9.00 Å². The Bertz CT molecular complexity index is 266. The largest absolute Gasteiger partial charge is 0.299 e. The van der Waals surface area contributed by atoms with Crippen molar-refractivity contribution in [3.8, 4) is 0 Å². The average molecular weight is 186 g/mol. The lowest BCUT2D eigenvalue weighted by Gasteiger charge is -2.21. The summed E-state index contributed by atoms with van der Waals surface area (Å²) in [5.74, 6) is 0.635. The van der Waals surface area contributed by atoms with Gasteiger partial charge in [-0.3, -0.25) is 9.00 Å². The van der Waals surface area contributed by atoms with Crippen LogP contribution in [0.2, 0.25) is 0 Å². The molecule has 0 spiro atoms. The molecule has 0 saturated carbocycles.